The molecule has 2 aromatic rings. The Hall–Kier alpha value is -1.10. The molecule has 0 aliphatic rings. The van der Waals surface area contributed by atoms with Gasteiger partial charge in [-0.3, -0.25) is 4.68 Å². The van der Waals surface area contributed by atoms with Gasteiger partial charge in [-0.05, 0) is 12.1 Å². The molecule has 0 atom stereocenters. The number of nitrogens with zero attached hydrogens (tertiary/aromatic N) is 3. The van der Waals surface area contributed by atoms with Crippen molar-refractivity contribution in [2.24, 2.45) is 0 Å². The number of rotatable bonds is 5. The van der Waals surface area contributed by atoms with Gasteiger partial charge in [-0.2, -0.15) is 0 Å². The lowest BCUT2D eigenvalue weighted by Crippen LogP contribution is -2.20. The first-order valence-electron chi connectivity index (χ1n) is 5.25. The Morgan fingerprint density at radius 3 is 2.65 bits per heavy atom. The molecule has 0 fully saturated rings. The van der Waals surface area contributed by atoms with Gasteiger partial charge in [0.05, 0.1) is 12.7 Å². The first kappa shape index (κ1) is 12.4. The van der Waals surface area contributed by atoms with E-state index in [1.54, 1.807) is 10.9 Å². The van der Waals surface area contributed by atoms with E-state index in [2.05, 4.69) is 15.6 Å². The molecule has 0 unspecified atom stereocenters. The Bertz CT molecular complexity index is 450. The topological polar surface area (TPSA) is 42.7 Å². The third kappa shape index (κ3) is 3.43. The van der Waals surface area contributed by atoms with Crippen LogP contribution in [0.2, 0.25) is 10.0 Å². The van der Waals surface area contributed by atoms with E-state index in [1.165, 1.54) is 0 Å². The Morgan fingerprint density at radius 1 is 1.24 bits per heavy atom. The van der Waals surface area contributed by atoms with Crippen LogP contribution in [0.1, 0.15) is 5.56 Å². The third-order valence-electron chi connectivity index (χ3n) is 2.35. The molecule has 2 rings (SSSR count). The summed E-state index contributed by atoms with van der Waals surface area (Å²) in [6, 6.07) is 5.51. The van der Waals surface area contributed by atoms with Gasteiger partial charge in [-0.1, -0.05) is 34.5 Å². The van der Waals surface area contributed by atoms with Crippen molar-refractivity contribution in [2.75, 3.05) is 6.54 Å². The largest absolute Gasteiger partial charge is 0.311 e. The molecule has 0 amide bonds. The van der Waals surface area contributed by atoms with Crippen molar-refractivity contribution in [3.05, 3.63) is 46.2 Å². The fourth-order valence-corrected chi connectivity index (χ4v) is 1.99. The summed E-state index contributed by atoms with van der Waals surface area (Å²) in [6.07, 6.45) is 3.48. The van der Waals surface area contributed by atoms with Crippen molar-refractivity contribution in [3.63, 3.8) is 0 Å². The monoisotopic (exact) mass is 270 g/mol. The Morgan fingerprint density at radius 2 is 2.00 bits per heavy atom. The van der Waals surface area contributed by atoms with Crippen molar-refractivity contribution in [3.8, 4) is 0 Å². The van der Waals surface area contributed by atoms with Crippen molar-refractivity contribution in [1.82, 2.24) is 20.3 Å². The van der Waals surface area contributed by atoms with Gasteiger partial charge in [0.15, 0.2) is 0 Å². The summed E-state index contributed by atoms with van der Waals surface area (Å²) in [7, 11) is 0. The third-order valence-corrected chi connectivity index (χ3v) is 3.06. The second-order valence-electron chi connectivity index (χ2n) is 3.54. The van der Waals surface area contributed by atoms with E-state index in [0.717, 1.165) is 18.7 Å². The fraction of sp³-hybridized carbons (Fsp3) is 0.273. The zero-order valence-corrected chi connectivity index (χ0v) is 10.6. The molecular weight excluding hydrogens is 259 g/mol. The van der Waals surface area contributed by atoms with Gasteiger partial charge < -0.3 is 5.32 Å². The molecule has 1 heterocycles. The molecule has 1 aromatic carbocycles. The first-order chi connectivity index (χ1) is 8.27. The molecule has 0 aliphatic heterocycles. The summed E-state index contributed by atoms with van der Waals surface area (Å²) in [6.45, 7) is 2.19. The lowest BCUT2D eigenvalue weighted by molar-refractivity contribution is 0.540. The van der Waals surface area contributed by atoms with E-state index in [0.29, 0.717) is 16.6 Å². The molecule has 0 saturated carbocycles. The summed E-state index contributed by atoms with van der Waals surface area (Å²) in [5.74, 6) is 0. The van der Waals surface area contributed by atoms with E-state index < -0.39 is 0 Å². The van der Waals surface area contributed by atoms with E-state index in [4.69, 9.17) is 23.2 Å². The van der Waals surface area contributed by atoms with Crippen LogP contribution in [0, 0.1) is 0 Å². The lowest BCUT2D eigenvalue weighted by Gasteiger charge is -2.08. The van der Waals surface area contributed by atoms with Crippen LogP contribution >= 0.6 is 23.2 Å². The van der Waals surface area contributed by atoms with Gasteiger partial charge in [-0.15, -0.1) is 5.10 Å². The van der Waals surface area contributed by atoms with Crippen LogP contribution in [0.4, 0.5) is 0 Å². The predicted octanol–water partition coefficient (Wildman–Crippen LogP) is 2.37. The maximum absolute atomic E-state index is 6.06. The minimum Gasteiger partial charge on any atom is -0.311 e. The first-order valence-corrected chi connectivity index (χ1v) is 6.00. The molecule has 0 bridgehead atoms. The van der Waals surface area contributed by atoms with Crippen molar-refractivity contribution < 1.29 is 0 Å². The van der Waals surface area contributed by atoms with Crippen molar-refractivity contribution in [2.45, 2.75) is 13.1 Å². The highest BCUT2D eigenvalue weighted by atomic mass is 35.5. The van der Waals surface area contributed by atoms with Crippen LogP contribution < -0.4 is 5.32 Å². The van der Waals surface area contributed by atoms with Crippen LogP contribution in [0.15, 0.2) is 30.6 Å². The van der Waals surface area contributed by atoms with E-state index in [9.17, 15) is 0 Å². The van der Waals surface area contributed by atoms with Gasteiger partial charge in [-0.25, -0.2) is 0 Å². The quantitative estimate of drug-likeness (QED) is 0.849. The maximum atomic E-state index is 6.06. The van der Waals surface area contributed by atoms with E-state index >= 15 is 0 Å². The van der Waals surface area contributed by atoms with Crippen LogP contribution in [0.5, 0.6) is 0 Å². The highest BCUT2D eigenvalue weighted by Gasteiger charge is 2.04. The molecule has 0 aliphatic carbocycles. The number of benzene rings is 1. The molecule has 90 valence electrons. The van der Waals surface area contributed by atoms with Crippen LogP contribution in [0.25, 0.3) is 0 Å². The average molecular weight is 271 g/mol. The SMILES string of the molecule is Clc1cccc(Cl)c1CNCCn1ccnn1. The second kappa shape index (κ2) is 6.00. The molecular formula is C11H12Cl2N4. The van der Waals surface area contributed by atoms with Gasteiger partial charge in [0.1, 0.15) is 0 Å². The van der Waals surface area contributed by atoms with Crippen LogP contribution in [0.3, 0.4) is 0 Å². The zero-order chi connectivity index (χ0) is 12.1. The summed E-state index contributed by atoms with van der Waals surface area (Å²) in [5.41, 5.74) is 0.925. The summed E-state index contributed by atoms with van der Waals surface area (Å²) < 4.78 is 1.77. The average Bonchev–Trinajstić information content (AvgIpc) is 2.80. The Balaban J connectivity index is 1.82. The maximum Gasteiger partial charge on any atom is 0.0692 e. The van der Waals surface area contributed by atoms with Gasteiger partial charge >= 0.3 is 0 Å². The highest BCUT2D eigenvalue weighted by molar-refractivity contribution is 6.35. The van der Waals surface area contributed by atoms with Gasteiger partial charge in [0.25, 0.3) is 0 Å². The second-order valence-corrected chi connectivity index (χ2v) is 4.36. The number of halogens is 2. The molecule has 0 spiro atoms. The molecule has 1 aromatic heterocycles. The Kier molecular flexibility index (Phi) is 4.36. The predicted molar refractivity (Wildman–Crippen MR) is 68.2 cm³/mol. The molecule has 1 N–H and O–H groups in total. The van der Waals surface area contributed by atoms with Crippen molar-refractivity contribution in [1.29, 1.82) is 0 Å². The van der Waals surface area contributed by atoms with Crippen LogP contribution in [-0.4, -0.2) is 21.5 Å². The summed E-state index contributed by atoms with van der Waals surface area (Å²) >= 11 is 12.1. The molecule has 0 saturated heterocycles. The van der Waals surface area contributed by atoms with E-state index in [1.807, 2.05) is 24.4 Å². The number of hydrogen-bond acceptors (Lipinski definition) is 3. The minimum atomic E-state index is 0.646. The molecule has 17 heavy (non-hydrogen) atoms. The fourth-order valence-electron chi connectivity index (χ4n) is 1.46. The summed E-state index contributed by atoms with van der Waals surface area (Å²) in [5, 5.41) is 12.2. The molecule has 0 radical (unpaired) electrons. The number of nitrogens with one attached hydrogen (secondary N) is 1. The standard InChI is InChI=1S/C11H12Cl2N4/c12-10-2-1-3-11(13)9(10)8-14-4-6-17-7-5-15-16-17/h1-3,5,7,14H,4,6,8H2. The molecule has 6 heteroatoms. The van der Waals surface area contributed by atoms with Crippen LogP contribution in [-0.2, 0) is 13.1 Å². The summed E-state index contributed by atoms with van der Waals surface area (Å²) in [4.78, 5) is 0. The number of hydrogen-bond donors (Lipinski definition) is 1. The number of aromatic nitrogens is 3. The van der Waals surface area contributed by atoms with Crippen molar-refractivity contribution >= 4 is 23.2 Å². The minimum absolute atomic E-state index is 0.646. The van der Waals surface area contributed by atoms with Gasteiger partial charge in [0, 0.05) is 34.9 Å². The van der Waals surface area contributed by atoms with Gasteiger partial charge in [0.2, 0.25) is 0 Å². The zero-order valence-electron chi connectivity index (χ0n) is 9.11. The molecule has 4 nitrogen and oxygen atoms in total. The normalized spacial score (nSPS) is 10.7. The lowest BCUT2D eigenvalue weighted by atomic mass is 10.2. The Labute approximate surface area is 110 Å². The smallest absolute Gasteiger partial charge is 0.0692 e. The van der Waals surface area contributed by atoms with E-state index in [-0.39, 0.29) is 0 Å². The highest BCUT2D eigenvalue weighted by Crippen LogP contribution is 2.23.